The minimum atomic E-state index is 0.119. The topological polar surface area (TPSA) is 50.2 Å². The summed E-state index contributed by atoms with van der Waals surface area (Å²) in [5.41, 5.74) is 3.64. The zero-order chi connectivity index (χ0) is 20.5. The Morgan fingerprint density at radius 3 is 2.57 bits per heavy atom. The SMILES string of the molecule is CCCn1c(Nc2ccc(N3CCCCC3)cc2)nc2sc3c(c2c1=O)CCCC3. The molecular weight excluding hydrogens is 392 g/mol. The quantitative estimate of drug-likeness (QED) is 0.591. The van der Waals surface area contributed by atoms with E-state index in [1.807, 2.05) is 4.57 Å². The van der Waals surface area contributed by atoms with Crippen molar-refractivity contribution in [2.75, 3.05) is 23.3 Å². The Bertz CT molecular complexity index is 1090. The van der Waals surface area contributed by atoms with E-state index in [-0.39, 0.29) is 5.56 Å². The molecule has 3 aromatic rings. The monoisotopic (exact) mass is 422 g/mol. The van der Waals surface area contributed by atoms with Gasteiger partial charge in [-0.3, -0.25) is 9.36 Å². The van der Waals surface area contributed by atoms with E-state index in [9.17, 15) is 4.79 Å². The number of thiophene rings is 1. The fourth-order valence-electron chi connectivity index (χ4n) is 4.80. The number of aryl methyl sites for hydroxylation is 2. The third kappa shape index (κ3) is 3.62. The third-order valence-corrected chi connectivity index (χ3v) is 7.55. The minimum Gasteiger partial charge on any atom is -0.372 e. The van der Waals surface area contributed by atoms with Gasteiger partial charge in [0.2, 0.25) is 5.95 Å². The van der Waals surface area contributed by atoms with Crippen LogP contribution in [0, 0.1) is 0 Å². The highest BCUT2D eigenvalue weighted by Crippen LogP contribution is 2.34. The Morgan fingerprint density at radius 1 is 1.03 bits per heavy atom. The van der Waals surface area contributed by atoms with Gasteiger partial charge in [-0.15, -0.1) is 11.3 Å². The van der Waals surface area contributed by atoms with Crippen LogP contribution < -0.4 is 15.8 Å². The number of anilines is 3. The summed E-state index contributed by atoms with van der Waals surface area (Å²) < 4.78 is 1.84. The van der Waals surface area contributed by atoms with Crippen molar-refractivity contribution in [3.8, 4) is 0 Å². The Labute approximate surface area is 181 Å². The molecule has 2 aromatic heterocycles. The molecule has 6 heteroatoms. The molecule has 30 heavy (non-hydrogen) atoms. The normalized spacial score (nSPS) is 16.6. The Balaban J connectivity index is 1.48. The van der Waals surface area contributed by atoms with Crippen molar-refractivity contribution in [3.05, 3.63) is 45.1 Å². The van der Waals surface area contributed by atoms with Gasteiger partial charge in [0.15, 0.2) is 0 Å². The van der Waals surface area contributed by atoms with Crippen molar-refractivity contribution in [3.63, 3.8) is 0 Å². The molecule has 1 saturated heterocycles. The van der Waals surface area contributed by atoms with Crippen LogP contribution in [0.1, 0.15) is 55.9 Å². The standard InChI is InChI=1S/C24H30N4OS/c1-2-14-28-23(29)21-19-8-4-5-9-20(19)30-22(21)26-24(28)25-17-10-12-18(13-11-17)27-15-6-3-7-16-27/h10-13H,2-9,14-16H2,1H3,(H,25,26). The summed E-state index contributed by atoms with van der Waals surface area (Å²) in [7, 11) is 0. The summed E-state index contributed by atoms with van der Waals surface area (Å²) in [5.74, 6) is 0.665. The molecule has 5 nitrogen and oxygen atoms in total. The van der Waals surface area contributed by atoms with Gasteiger partial charge in [-0.05, 0) is 81.2 Å². The second-order valence-electron chi connectivity index (χ2n) is 8.50. The Kier molecular flexibility index (Phi) is 5.50. The second kappa shape index (κ2) is 8.42. The van der Waals surface area contributed by atoms with Gasteiger partial charge in [-0.2, -0.15) is 0 Å². The number of nitrogens with zero attached hydrogens (tertiary/aromatic N) is 3. The first-order chi connectivity index (χ1) is 14.7. The molecule has 0 radical (unpaired) electrons. The summed E-state index contributed by atoms with van der Waals surface area (Å²) in [6.45, 7) is 5.08. The van der Waals surface area contributed by atoms with Crippen LogP contribution in [0.4, 0.5) is 17.3 Å². The maximum absolute atomic E-state index is 13.4. The van der Waals surface area contributed by atoms with Gasteiger partial charge in [-0.25, -0.2) is 4.98 Å². The van der Waals surface area contributed by atoms with E-state index in [2.05, 4.69) is 41.4 Å². The van der Waals surface area contributed by atoms with Crippen molar-refractivity contribution in [1.82, 2.24) is 9.55 Å². The van der Waals surface area contributed by atoms with E-state index in [0.717, 1.165) is 48.3 Å². The van der Waals surface area contributed by atoms with Crippen molar-refractivity contribution < 1.29 is 0 Å². The minimum absolute atomic E-state index is 0.119. The van der Waals surface area contributed by atoms with Gasteiger partial charge in [0.25, 0.3) is 5.56 Å². The molecule has 1 aliphatic carbocycles. The molecule has 0 atom stereocenters. The molecule has 2 aliphatic rings. The zero-order valence-corrected chi connectivity index (χ0v) is 18.6. The number of piperidine rings is 1. The van der Waals surface area contributed by atoms with Crippen LogP contribution in [0.2, 0.25) is 0 Å². The largest absolute Gasteiger partial charge is 0.372 e. The van der Waals surface area contributed by atoms with Crippen molar-refractivity contribution in [1.29, 1.82) is 0 Å². The van der Waals surface area contributed by atoms with Crippen LogP contribution >= 0.6 is 11.3 Å². The first-order valence-electron chi connectivity index (χ1n) is 11.4. The molecule has 0 saturated carbocycles. The number of nitrogens with one attached hydrogen (secondary N) is 1. The first-order valence-corrected chi connectivity index (χ1v) is 12.2. The summed E-state index contributed by atoms with van der Waals surface area (Å²) in [5, 5.41) is 4.31. The van der Waals surface area contributed by atoms with E-state index < -0.39 is 0 Å². The predicted molar refractivity (Wildman–Crippen MR) is 127 cm³/mol. The van der Waals surface area contributed by atoms with Crippen molar-refractivity contribution in [2.45, 2.75) is 64.8 Å². The van der Waals surface area contributed by atoms with Crippen molar-refractivity contribution >= 4 is 38.9 Å². The summed E-state index contributed by atoms with van der Waals surface area (Å²) in [6, 6.07) is 8.57. The van der Waals surface area contributed by atoms with Crippen LogP contribution in [0.15, 0.2) is 29.1 Å². The Hall–Kier alpha value is -2.34. The van der Waals surface area contributed by atoms with Gasteiger partial charge in [-0.1, -0.05) is 6.92 Å². The molecule has 0 spiro atoms. The van der Waals surface area contributed by atoms with Crippen LogP contribution in [0.25, 0.3) is 10.2 Å². The van der Waals surface area contributed by atoms with Gasteiger partial charge in [0.05, 0.1) is 5.39 Å². The summed E-state index contributed by atoms with van der Waals surface area (Å²) >= 11 is 1.72. The molecule has 3 heterocycles. The van der Waals surface area contributed by atoms with E-state index in [4.69, 9.17) is 4.98 Å². The zero-order valence-electron chi connectivity index (χ0n) is 17.7. The molecule has 0 bridgehead atoms. The molecule has 1 N–H and O–H groups in total. The first kappa shape index (κ1) is 19.6. The lowest BCUT2D eigenvalue weighted by Gasteiger charge is -2.28. The van der Waals surface area contributed by atoms with E-state index >= 15 is 0 Å². The number of rotatable bonds is 5. The lowest BCUT2D eigenvalue weighted by atomic mass is 9.97. The van der Waals surface area contributed by atoms with Crippen LogP contribution in [0.5, 0.6) is 0 Å². The Morgan fingerprint density at radius 2 is 1.80 bits per heavy atom. The molecule has 1 fully saturated rings. The third-order valence-electron chi connectivity index (χ3n) is 6.37. The number of hydrogen-bond acceptors (Lipinski definition) is 5. The highest BCUT2D eigenvalue weighted by atomic mass is 32.1. The number of aromatic nitrogens is 2. The maximum Gasteiger partial charge on any atom is 0.263 e. The molecule has 1 aliphatic heterocycles. The van der Waals surface area contributed by atoms with E-state index in [1.54, 1.807) is 11.3 Å². The highest BCUT2D eigenvalue weighted by molar-refractivity contribution is 7.18. The van der Waals surface area contributed by atoms with Gasteiger partial charge < -0.3 is 10.2 Å². The average molecular weight is 423 g/mol. The predicted octanol–water partition coefficient (Wildman–Crippen LogP) is 5.48. The van der Waals surface area contributed by atoms with Gasteiger partial charge in [0.1, 0.15) is 4.83 Å². The average Bonchev–Trinajstić information content (AvgIpc) is 3.16. The molecule has 158 valence electrons. The smallest absolute Gasteiger partial charge is 0.263 e. The molecular formula is C24H30N4OS. The molecule has 5 rings (SSSR count). The van der Waals surface area contributed by atoms with Crippen LogP contribution in [-0.2, 0) is 19.4 Å². The molecule has 1 aromatic carbocycles. The van der Waals surface area contributed by atoms with Crippen molar-refractivity contribution in [2.24, 2.45) is 0 Å². The number of fused-ring (bicyclic) bond motifs is 3. The molecule has 0 amide bonds. The summed E-state index contributed by atoms with van der Waals surface area (Å²) in [4.78, 5) is 23.1. The molecule has 0 unspecified atom stereocenters. The van der Waals surface area contributed by atoms with E-state index in [1.165, 1.54) is 48.2 Å². The fraction of sp³-hybridized carbons (Fsp3) is 0.500. The fourth-order valence-corrected chi connectivity index (χ4v) is 6.05. The van der Waals surface area contributed by atoms with E-state index in [0.29, 0.717) is 12.5 Å². The van der Waals surface area contributed by atoms with Crippen LogP contribution in [-0.4, -0.2) is 22.6 Å². The number of benzene rings is 1. The lowest BCUT2D eigenvalue weighted by Crippen LogP contribution is -2.29. The maximum atomic E-state index is 13.4. The van der Waals surface area contributed by atoms with Crippen LogP contribution in [0.3, 0.4) is 0 Å². The highest BCUT2D eigenvalue weighted by Gasteiger charge is 2.22. The van der Waals surface area contributed by atoms with Gasteiger partial charge >= 0.3 is 0 Å². The second-order valence-corrected chi connectivity index (χ2v) is 9.59. The summed E-state index contributed by atoms with van der Waals surface area (Å²) in [6.07, 6.45) is 9.30. The number of hydrogen-bond donors (Lipinski definition) is 1. The lowest BCUT2D eigenvalue weighted by molar-refractivity contribution is 0.578. The van der Waals surface area contributed by atoms with Gasteiger partial charge in [0, 0.05) is 35.9 Å².